The topological polar surface area (TPSA) is 49.3 Å². The van der Waals surface area contributed by atoms with Crippen molar-refractivity contribution in [1.29, 1.82) is 0 Å². The molecule has 0 radical (unpaired) electrons. The predicted molar refractivity (Wildman–Crippen MR) is 89.8 cm³/mol. The van der Waals surface area contributed by atoms with Gasteiger partial charge in [0.25, 0.3) is 0 Å². The highest BCUT2D eigenvalue weighted by Gasteiger charge is 2.45. The van der Waals surface area contributed by atoms with Crippen LogP contribution in [-0.4, -0.2) is 11.0 Å². The fraction of sp³-hybridized carbons (Fsp3) is 0.235. The Hall–Kier alpha value is -1.62. The van der Waals surface area contributed by atoms with Gasteiger partial charge in [0, 0.05) is 16.0 Å². The van der Waals surface area contributed by atoms with E-state index in [0.717, 1.165) is 28.8 Å². The van der Waals surface area contributed by atoms with E-state index in [-0.39, 0.29) is 18.1 Å². The maximum absolute atomic E-state index is 12.1. The number of amides is 1. The molecule has 0 atom stereocenters. The van der Waals surface area contributed by atoms with Crippen molar-refractivity contribution in [3.63, 3.8) is 0 Å². The highest BCUT2D eigenvalue weighted by Crippen LogP contribution is 2.46. The molecule has 0 bridgehead atoms. The molecule has 1 amide bonds. The summed E-state index contributed by atoms with van der Waals surface area (Å²) in [5.74, 6) is -0.114. The summed E-state index contributed by atoms with van der Waals surface area (Å²) < 4.78 is 0. The molecule has 5 heteroatoms. The average molecular weight is 334 g/mol. The molecule has 3 nitrogen and oxygen atoms in total. The smallest absolute Gasteiger partial charge is 0.244 e. The minimum absolute atomic E-state index is 0.0222. The first-order chi connectivity index (χ1) is 10.6. The van der Waals surface area contributed by atoms with E-state index in [9.17, 15) is 4.79 Å². The van der Waals surface area contributed by atoms with Crippen molar-refractivity contribution in [2.75, 3.05) is 0 Å². The number of benzene rings is 1. The summed E-state index contributed by atoms with van der Waals surface area (Å²) >= 11 is 7.53. The van der Waals surface area contributed by atoms with Crippen molar-refractivity contribution >= 4 is 34.9 Å². The minimum atomic E-state index is -0.266. The Morgan fingerprint density at radius 2 is 2.23 bits per heavy atom. The lowest BCUT2D eigenvalue weighted by Gasteiger charge is -2.17. The van der Waals surface area contributed by atoms with Gasteiger partial charge in [-0.2, -0.15) is 0 Å². The molecule has 0 saturated heterocycles. The Balaban J connectivity index is 1.66. The van der Waals surface area contributed by atoms with Crippen molar-refractivity contribution in [1.82, 2.24) is 5.32 Å². The molecule has 22 heavy (non-hydrogen) atoms. The lowest BCUT2D eigenvalue weighted by atomic mass is 10.1. The summed E-state index contributed by atoms with van der Waals surface area (Å²) in [5.41, 5.74) is 1.65. The zero-order valence-electron chi connectivity index (χ0n) is 11.9. The molecule has 1 aromatic carbocycles. The van der Waals surface area contributed by atoms with Gasteiger partial charge in [-0.15, -0.1) is 11.3 Å². The Morgan fingerprint density at radius 3 is 2.86 bits per heavy atom. The average Bonchev–Trinajstić information content (AvgIpc) is 3.14. The Labute approximate surface area is 138 Å². The third-order valence-corrected chi connectivity index (χ3v) is 4.93. The highest BCUT2D eigenvalue weighted by atomic mass is 35.5. The van der Waals surface area contributed by atoms with Crippen LogP contribution in [0.4, 0.5) is 0 Å². The molecule has 1 heterocycles. The Morgan fingerprint density at radius 1 is 1.41 bits per heavy atom. The molecule has 114 valence electrons. The number of hydrogen-bond donors (Lipinski definition) is 2. The quantitative estimate of drug-likeness (QED) is 0.819. The second-order valence-electron chi connectivity index (χ2n) is 5.43. The standard InChI is InChI=1S/C17H16ClNO2S/c18-14-3-1-2-13(9-14)17(6-7-17)19-16(21)5-4-15-8-12(10-20)11-22-15/h1-5,8-9,11,20H,6-7,10H2,(H,19,21)/b5-4+. The van der Waals surface area contributed by atoms with E-state index in [2.05, 4.69) is 5.32 Å². The van der Waals surface area contributed by atoms with Crippen LogP contribution in [0.25, 0.3) is 6.08 Å². The van der Waals surface area contributed by atoms with E-state index in [1.165, 1.54) is 17.4 Å². The van der Waals surface area contributed by atoms with Crippen LogP contribution < -0.4 is 5.32 Å². The summed E-state index contributed by atoms with van der Waals surface area (Å²) in [4.78, 5) is 13.1. The number of aliphatic hydroxyl groups excluding tert-OH is 1. The minimum Gasteiger partial charge on any atom is -0.392 e. The molecule has 0 unspecified atom stereocenters. The zero-order chi connectivity index (χ0) is 15.6. The number of halogens is 1. The van der Waals surface area contributed by atoms with Gasteiger partial charge in [0.1, 0.15) is 0 Å². The molecule has 2 N–H and O–H groups in total. The van der Waals surface area contributed by atoms with Gasteiger partial charge in [-0.3, -0.25) is 4.79 Å². The van der Waals surface area contributed by atoms with Crippen LogP contribution in [0, 0.1) is 0 Å². The molecule has 1 aliphatic rings. The maximum atomic E-state index is 12.1. The van der Waals surface area contributed by atoms with Gasteiger partial charge < -0.3 is 10.4 Å². The van der Waals surface area contributed by atoms with Crippen molar-refractivity contribution in [2.45, 2.75) is 25.0 Å². The summed E-state index contributed by atoms with van der Waals surface area (Å²) in [7, 11) is 0. The van der Waals surface area contributed by atoms with Crippen LogP contribution >= 0.6 is 22.9 Å². The lowest BCUT2D eigenvalue weighted by Crippen LogP contribution is -2.33. The monoisotopic (exact) mass is 333 g/mol. The van der Waals surface area contributed by atoms with Gasteiger partial charge in [-0.25, -0.2) is 0 Å². The number of aliphatic hydroxyl groups is 1. The van der Waals surface area contributed by atoms with Crippen LogP contribution in [0.2, 0.25) is 5.02 Å². The summed E-state index contributed by atoms with van der Waals surface area (Å²) in [5, 5.41) is 14.7. The largest absolute Gasteiger partial charge is 0.392 e. The van der Waals surface area contributed by atoms with E-state index in [0.29, 0.717) is 5.02 Å². The molecule has 1 aliphatic carbocycles. The van der Waals surface area contributed by atoms with Crippen LogP contribution in [0.5, 0.6) is 0 Å². The van der Waals surface area contributed by atoms with E-state index in [1.54, 1.807) is 6.08 Å². The highest BCUT2D eigenvalue weighted by molar-refractivity contribution is 7.11. The molecule has 1 saturated carbocycles. The van der Waals surface area contributed by atoms with Gasteiger partial charge in [-0.05, 0) is 53.6 Å². The first-order valence-electron chi connectivity index (χ1n) is 7.06. The molecule has 2 aromatic rings. The molecule has 0 spiro atoms. The first kappa shape index (κ1) is 15.3. The third-order valence-electron chi connectivity index (χ3n) is 3.75. The molecule has 0 aliphatic heterocycles. The maximum Gasteiger partial charge on any atom is 0.244 e. The fourth-order valence-corrected chi connectivity index (χ4v) is 3.38. The van der Waals surface area contributed by atoms with Gasteiger partial charge in [-0.1, -0.05) is 23.7 Å². The lowest BCUT2D eigenvalue weighted by molar-refractivity contribution is -0.117. The van der Waals surface area contributed by atoms with E-state index in [1.807, 2.05) is 35.7 Å². The van der Waals surface area contributed by atoms with E-state index in [4.69, 9.17) is 16.7 Å². The zero-order valence-corrected chi connectivity index (χ0v) is 13.5. The van der Waals surface area contributed by atoms with Crippen LogP contribution in [0.3, 0.4) is 0 Å². The second-order valence-corrected chi connectivity index (χ2v) is 6.81. The van der Waals surface area contributed by atoms with Crippen molar-refractivity contribution in [2.24, 2.45) is 0 Å². The number of rotatable bonds is 5. The molecule has 3 rings (SSSR count). The molecule has 1 aromatic heterocycles. The van der Waals surface area contributed by atoms with Gasteiger partial charge in [0.15, 0.2) is 0 Å². The molecular formula is C17H16ClNO2S. The van der Waals surface area contributed by atoms with Gasteiger partial charge >= 0.3 is 0 Å². The van der Waals surface area contributed by atoms with Crippen LogP contribution in [0.1, 0.15) is 28.8 Å². The second kappa shape index (κ2) is 6.24. The summed E-state index contributed by atoms with van der Waals surface area (Å²) in [6.07, 6.45) is 5.17. The summed E-state index contributed by atoms with van der Waals surface area (Å²) in [6.45, 7) is 0.0222. The van der Waals surface area contributed by atoms with Crippen molar-refractivity contribution in [3.8, 4) is 0 Å². The predicted octanol–water partition coefficient (Wildman–Crippen LogP) is 3.71. The van der Waals surface area contributed by atoms with E-state index >= 15 is 0 Å². The van der Waals surface area contributed by atoms with E-state index < -0.39 is 0 Å². The fourth-order valence-electron chi connectivity index (χ4n) is 2.40. The normalized spacial score (nSPS) is 15.9. The number of carbonyl (C=O) groups is 1. The van der Waals surface area contributed by atoms with Gasteiger partial charge in [0.05, 0.1) is 12.1 Å². The molecule has 1 fully saturated rings. The number of nitrogens with one attached hydrogen (secondary N) is 1. The Kier molecular flexibility index (Phi) is 4.34. The third kappa shape index (κ3) is 3.40. The Bertz CT molecular complexity index is 719. The molecular weight excluding hydrogens is 318 g/mol. The van der Waals surface area contributed by atoms with Crippen LogP contribution in [-0.2, 0) is 16.9 Å². The SMILES string of the molecule is O=C(/C=C/c1cc(CO)cs1)NC1(c2cccc(Cl)c2)CC1. The summed E-state index contributed by atoms with van der Waals surface area (Å²) in [6, 6.07) is 9.51. The van der Waals surface area contributed by atoms with Crippen LogP contribution in [0.15, 0.2) is 41.8 Å². The van der Waals surface area contributed by atoms with Crippen molar-refractivity contribution in [3.05, 3.63) is 62.8 Å². The number of carbonyl (C=O) groups excluding carboxylic acids is 1. The van der Waals surface area contributed by atoms with Crippen molar-refractivity contribution < 1.29 is 9.90 Å². The number of hydrogen-bond acceptors (Lipinski definition) is 3. The first-order valence-corrected chi connectivity index (χ1v) is 8.32. The number of thiophene rings is 1. The van der Waals surface area contributed by atoms with Gasteiger partial charge in [0.2, 0.25) is 5.91 Å².